The van der Waals surface area contributed by atoms with Gasteiger partial charge in [0.15, 0.2) is 0 Å². The average molecular weight is 205 g/mol. The summed E-state index contributed by atoms with van der Waals surface area (Å²) in [5.41, 5.74) is 0.711. The fraction of sp³-hybridized carbons (Fsp3) is 0.300. The minimum Gasteiger partial charge on any atom is -0.339 e. The number of carbonyl (C=O) groups is 2. The summed E-state index contributed by atoms with van der Waals surface area (Å²) in [4.78, 5) is 28.4. The Morgan fingerprint density at radius 3 is 3.00 bits per heavy atom. The van der Waals surface area contributed by atoms with Crippen LogP contribution in [0.15, 0.2) is 24.5 Å². The molecule has 5 heteroatoms. The summed E-state index contributed by atoms with van der Waals surface area (Å²) in [6, 6.07) is 2.92. The lowest BCUT2D eigenvalue weighted by atomic mass is 10.1. The van der Waals surface area contributed by atoms with Crippen molar-refractivity contribution in [3.05, 3.63) is 30.1 Å². The van der Waals surface area contributed by atoms with Gasteiger partial charge in [-0.15, -0.1) is 0 Å². The van der Waals surface area contributed by atoms with E-state index in [-0.39, 0.29) is 18.4 Å². The molecular weight excluding hydrogens is 194 g/mol. The Balaban J connectivity index is 2.28. The Morgan fingerprint density at radius 2 is 2.33 bits per heavy atom. The van der Waals surface area contributed by atoms with E-state index in [1.54, 1.807) is 31.6 Å². The molecule has 2 amide bonds. The normalized spacial score (nSPS) is 21.4. The number of amides is 2. The highest BCUT2D eigenvalue weighted by Gasteiger charge is 2.31. The number of aromatic nitrogens is 1. The molecule has 1 aliphatic rings. The number of pyridine rings is 1. The third-order valence-electron chi connectivity index (χ3n) is 2.33. The van der Waals surface area contributed by atoms with Gasteiger partial charge < -0.3 is 10.2 Å². The van der Waals surface area contributed by atoms with Crippen molar-refractivity contribution in [2.75, 3.05) is 13.6 Å². The molecule has 0 radical (unpaired) electrons. The van der Waals surface area contributed by atoms with E-state index in [1.165, 1.54) is 4.90 Å². The second-order valence-corrected chi connectivity index (χ2v) is 3.48. The van der Waals surface area contributed by atoms with E-state index in [0.717, 1.165) is 0 Å². The molecule has 78 valence electrons. The molecule has 0 saturated carbocycles. The Hall–Kier alpha value is -1.91. The van der Waals surface area contributed by atoms with Crippen LogP contribution in [-0.4, -0.2) is 35.3 Å². The first-order valence-corrected chi connectivity index (χ1v) is 4.63. The molecular formula is C10H11N3O2. The molecule has 1 aromatic rings. The summed E-state index contributed by atoms with van der Waals surface area (Å²) in [6.45, 7) is 0.121. The van der Waals surface area contributed by atoms with Crippen molar-refractivity contribution >= 4 is 11.8 Å². The molecule has 1 saturated heterocycles. The highest BCUT2D eigenvalue weighted by Crippen LogP contribution is 2.16. The van der Waals surface area contributed by atoms with E-state index in [9.17, 15) is 9.59 Å². The van der Waals surface area contributed by atoms with E-state index < -0.39 is 6.04 Å². The highest BCUT2D eigenvalue weighted by molar-refractivity contribution is 5.95. The third kappa shape index (κ3) is 1.81. The van der Waals surface area contributed by atoms with Gasteiger partial charge >= 0.3 is 0 Å². The second-order valence-electron chi connectivity index (χ2n) is 3.48. The van der Waals surface area contributed by atoms with Crippen LogP contribution < -0.4 is 5.32 Å². The fourth-order valence-corrected chi connectivity index (χ4v) is 1.55. The van der Waals surface area contributed by atoms with E-state index >= 15 is 0 Å². The van der Waals surface area contributed by atoms with Crippen molar-refractivity contribution in [1.82, 2.24) is 15.2 Å². The first-order chi connectivity index (χ1) is 7.18. The van der Waals surface area contributed by atoms with E-state index in [1.807, 2.05) is 0 Å². The third-order valence-corrected chi connectivity index (χ3v) is 2.33. The molecule has 0 aliphatic carbocycles. The summed E-state index contributed by atoms with van der Waals surface area (Å²) >= 11 is 0. The Bertz CT molecular complexity index is 391. The van der Waals surface area contributed by atoms with Crippen molar-refractivity contribution in [2.24, 2.45) is 0 Å². The van der Waals surface area contributed by atoms with Gasteiger partial charge in [-0.25, -0.2) is 0 Å². The minimum absolute atomic E-state index is 0.109. The van der Waals surface area contributed by atoms with Crippen LogP contribution in [0.2, 0.25) is 0 Å². The van der Waals surface area contributed by atoms with E-state index in [4.69, 9.17) is 0 Å². The molecule has 0 spiro atoms. The summed E-state index contributed by atoms with van der Waals surface area (Å²) in [5, 5.41) is 2.64. The van der Waals surface area contributed by atoms with Gasteiger partial charge in [0.1, 0.15) is 6.04 Å². The molecule has 0 unspecified atom stereocenters. The number of nitrogens with zero attached hydrogens (tertiary/aromatic N) is 2. The van der Waals surface area contributed by atoms with E-state index in [0.29, 0.717) is 5.56 Å². The number of nitrogens with one attached hydrogen (secondary N) is 1. The number of hydrogen-bond acceptors (Lipinski definition) is 3. The van der Waals surface area contributed by atoms with Gasteiger partial charge in [-0.3, -0.25) is 14.6 Å². The molecule has 2 rings (SSSR count). The average Bonchev–Trinajstić information content (AvgIpc) is 2.24. The molecule has 15 heavy (non-hydrogen) atoms. The number of likely N-dealkylation sites (N-methyl/N-ethyl adjacent to an activating group) is 1. The largest absolute Gasteiger partial charge is 0.339 e. The molecule has 1 aromatic heterocycles. The van der Waals surface area contributed by atoms with Crippen LogP contribution >= 0.6 is 0 Å². The fourth-order valence-electron chi connectivity index (χ4n) is 1.55. The van der Waals surface area contributed by atoms with Crippen LogP contribution in [0.25, 0.3) is 0 Å². The number of carbonyl (C=O) groups excluding carboxylic acids is 2. The zero-order chi connectivity index (χ0) is 10.8. The lowest BCUT2D eigenvalue weighted by molar-refractivity contribution is -0.143. The zero-order valence-electron chi connectivity index (χ0n) is 8.30. The van der Waals surface area contributed by atoms with Crippen LogP contribution in [-0.2, 0) is 9.59 Å². The molecule has 1 fully saturated rings. The smallest absolute Gasteiger partial charge is 0.250 e. The maximum atomic E-state index is 11.8. The first kappa shape index (κ1) is 9.64. The quantitative estimate of drug-likeness (QED) is 0.685. The van der Waals surface area contributed by atoms with Gasteiger partial charge in [0.25, 0.3) is 0 Å². The van der Waals surface area contributed by atoms with Crippen LogP contribution in [0.3, 0.4) is 0 Å². The topological polar surface area (TPSA) is 62.3 Å². The van der Waals surface area contributed by atoms with Gasteiger partial charge in [0.05, 0.1) is 6.54 Å². The van der Waals surface area contributed by atoms with Crippen molar-refractivity contribution in [3.63, 3.8) is 0 Å². The van der Waals surface area contributed by atoms with Gasteiger partial charge in [-0.2, -0.15) is 0 Å². The number of piperazine rings is 1. The Labute approximate surface area is 87.1 Å². The Morgan fingerprint density at radius 1 is 1.53 bits per heavy atom. The summed E-state index contributed by atoms with van der Waals surface area (Å²) in [5.74, 6) is -0.256. The zero-order valence-corrected chi connectivity index (χ0v) is 8.30. The monoisotopic (exact) mass is 205 g/mol. The predicted octanol–water partition coefficient (Wildman–Crippen LogP) is -0.289. The van der Waals surface area contributed by atoms with E-state index in [2.05, 4.69) is 10.3 Å². The molecule has 2 heterocycles. The van der Waals surface area contributed by atoms with Crippen LogP contribution in [0.4, 0.5) is 0 Å². The van der Waals surface area contributed by atoms with Crippen molar-refractivity contribution in [1.29, 1.82) is 0 Å². The molecule has 1 atom stereocenters. The van der Waals surface area contributed by atoms with Crippen molar-refractivity contribution in [2.45, 2.75) is 6.04 Å². The van der Waals surface area contributed by atoms with Crippen LogP contribution in [0.1, 0.15) is 11.6 Å². The maximum absolute atomic E-state index is 11.8. The molecule has 0 bridgehead atoms. The lowest BCUT2D eigenvalue weighted by Crippen LogP contribution is -2.51. The number of rotatable bonds is 1. The van der Waals surface area contributed by atoms with Gasteiger partial charge in [-0.05, 0) is 6.07 Å². The van der Waals surface area contributed by atoms with Crippen LogP contribution in [0.5, 0.6) is 0 Å². The molecule has 5 nitrogen and oxygen atoms in total. The minimum atomic E-state index is -0.593. The number of hydrogen-bond donors (Lipinski definition) is 1. The standard InChI is InChI=1S/C10H11N3O2/c1-13-6-8(14)12-9(10(13)15)7-3-2-4-11-5-7/h2-5,9H,6H2,1H3,(H,12,14)/t9-/m0/s1. The summed E-state index contributed by atoms with van der Waals surface area (Å²) in [7, 11) is 1.62. The maximum Gasteiger partial charge on any atom is 0.250 e. The van der Waals surface area contributed by atoms with Crippen molar-refractivity contribution < 1.29 is 9.59 Å². The Kier molecular flexibility index (Phi) is 2.37. The molecule has 1 N–H and O–H groups in total. The van der Waals surface area contributed by atoms with Gasteiger partial charge in [0.2, 0.25) is 11.8 Å². The van der Waals surface area contributed by atoms with Crippen molar-refractivity contribution in [3.8, 4) is 0 Å². The second kappa shape index (κ2) is 3.68. The van der Waals surface area contributed by atoms with Gasteiger partial charge in [-0.1, -0.05) is 6.07 Å². The van der Waals surface area contributed by atoms with Crippen LogP contribution in [0, 0.1) is 0 Å². The summed E-state index contributed by atoms with van der Waals surface area (Å²) < 4.78 is 0. The lowest BCUT2D eigenvalue weighted by Gasteiger charge is -2.29. The molecule has 1 aliphatic heterocycles. The van der Waals surface area contributed by atoms with Gasteiger partial charge in [0, 0.05) is 25.0 Å². The SMILES string of the molecule is CN1CC(=O)N[C@@H](c2cccnc2)C1=O. The summed E-state index contributed by atoms with van der Waals surface area (Å²) in [6.07, 6.45) is 3.21. The predicted molar refractivity (Wildman–Crippen MR) is 52.8 cm³/mol. The molecule has 0 aromatic carbocycles. The highest BCUT2D eigenvalue weighted by atomic mass is 16.2. The first-order valence-electron chi connectivity index (χ1n) is 4.63.